The first-order valence-corrected chi connectivity index (χ1v) is 15.2. The van der Waals surface area contributed by atoms with Crippen molar-refractivity contribution in [2.24, 2.45) is 11.8 Å². The maximum absolute atomic E-state index is 12.7. The number of allylic oxidation sites excluding steroid dienone is 2. The van der Waals surface area contributed by atoms with Gasteiger partial charge < -0.3 is 4.74 Å². The molecule has 0 radical (unpaired) electrons. The molecule has 1 atom stereocenters. The van der Waals surface area contributed by atoms with E-state index >= 15 is 0 Å². The minimum atomic E-state index is -0.139. The molecule has 1 saturated carbocycles. The predicted molar refractivity (Wildman–Crippen MR) is 150 cm³/mol. The Labute approximate surface area is 216 Å². The Morgan fingerprint density at radius 2 is 1.34 bits per heavy atom. The van der Waals surface area contributed by atoms with Crippen molar-refractivity contribution in [3.8, 4) is 0 Å². The summed E-state index contributed by atoms with van der Waals surface area (Å²) in [4.78, 5) is 12.7. The number of carbonyl (C=O) groups excluding carboxylic acids is 1. The molecule has 3 rings (SSSR count). The summed E-state index contributed by atoms with van der Waals surface area (Å²) < 4.78 is 5.89. The van der Waals surface area contributed by atoms with Gasteiger partial charge in [-0.05, 0) is 80.1 Å². The van der Waals surface area contributed by atoms with Crippen LogP contribution >= 0.6 is 0 Å². The number of unbranched alkanes of at least 4 members (excludes halogenated alkanes) is 8. The van der Waals surface area contributed by atoms with Crippen LogP contribution in [0, 0.1) is 11.8 Å². The van der Waals surface area contributed by atoms with Crippen molar-refractivity contribution in [3.63, 3.8) is 0 Å². The van der Waals surface area contributed by atoms with Crippen LogP contribution in [0.2, 0.25) is 0 Å². The highest BCUT2D eigenvalue weighted by molar-refractivity contribution is 5.90. The van der Waals surface area contributed by atoms with Gasteiger partial charge in [-0.1, -0.05) is 109 Å². The fourth-order valence-electron chi connectivity index (χ4n) is 6.06. The van der Waals surface area contributed by atoms with Gasteiger partial charge in [0.2, 0.25) is 0 Å². The molecule has 0 heterocycles. The highest BCUT2D eigenvalue weighted by atomic mass is 16.5. The van der Waals surface area contributed by atoms with E-state index in [1.54, 1.807) is 0 Å². The zero-order valence-electron chi connectivity index (χ0n) is 22.9. The zero-order chi connectivity index (χ0) is 24.7. The molecule has 0 spiro atoms. The second kappa shape index (κ2) is 16.2. The molecule has 1 unspecified atom stereocenters. The van der Waals surface area contributed by atoms with Gasteiger partial charge in [0.1, 0.15) is 6.10 Å². The van der Waals surface area contributed by atoms with Crippen molar-refractivity contribution in [2.45, 2.75) is 142 Å². The van der Waals surface area contributed by atoms with E-state index < -0.39 is 0 Å². The molecule has 2 heteroatoms. The predicted octanol–water partition coefficient (Wildman–Crippen LogP) is 10.3. The van der Waals surface area contributed by atoms with E-state index in [0.29, 0.717) is 5.56 Å². The molecule has 35 heavy (non-hydrogen) atoms. The number of esters is 1. The summed E-state index contributed by atoms with van der Waals surface area (Å²) in [6, 6.07) is 8.20. The molecule has 0 saturated heterocycles. The Morgan fingerprint density at radius 1 is 0.743 bits per heavy atom. The summed E-state index contributed by atoms with van der Waals surface area (Å²) in [7, 11) is 0. The Hall–Kier alpha value is -1.57. The first-order chi connectivity index (χ1) is 17.2. The standard InChI is InChI=1S/C33H52O2/c1-3-5-7-9-11-13-27-15-19-29(20-16-27)30-21-23-31(24-22-30)33(34)35-32-25-17-28(18-26-32)14-12-10-8-6-4-2/h19,21-24,27-28,32H,3-18,20,25-26H2,1-2H3. The number of benzene rings is 1. The van der Waals surface area contributed by atoms with Gasteiger partial charge in [-0.3, -0.25) is 0 Å². The monoisotopic (exact) mass is 480 g/mol. The molecule has 2 aliphatic rings. The van der Waals surface area contributed by atoms with Crippen LogP contribution in [0.15, 0.2) is 30.3 Å². The molecular formula is C33H52O2. The van der Waals surface area contributed by atoms with E-state index in [1.807, 2.05) is 12.1 Å². The molecule has 2 aliphatic carbocycles. The summed E-state index contributed by atoms with van der Waals surface area (Å²) in [5, 5.41) is 0. The van der Waals surface area contributed by atoms with Crippen LogP contribution < -0.4 is 0 Å². The fraction of sp³-hybridized carbons (Fsp3) is 0.727. The lowest BCUT2D eigenvalue weighted by atomic mass is 9.83. The summed E-state index contributed by atoms with van der Waals surface area (Å²) in [6.45, 7) is 4.56. The maximum Gasteiger partial charge on any atom is 0.338 e. The third-order valence-electron chi connectivity index (χ3n) is 8.51. The highest BCUT2D eigenvalue weighted by Crippen LogP contribution is 2.34. The van der Waals surface area contributed by atoms with Crippen molar-refractivity contribution < 1.29 is 9.53 Å². The van der Waals surface area contributed by atoms with Gasteiger partial charge in [0.15, 0.2) is 0 Å². The first kappa shape index (κ1) is 28.0. The second-order valence-electron chi connectivity index (χ2n) is 11.4. The normalized spacial score (nSPS) is 22.6. The fourth-order valence-corrected chi connectivity index (χ4v) is 6.06. The molecule has 1 aromatic rings. The smallest absolute Gasteiger partial charge is 0.338 e. The van der Waals surface area contributed by atoms with Gasteiger partial charge in [0, 0.05) is 0 Å². The van der Waals surface area contributed by atoms with Gasteiger partial charge in [0.05, 0.1) is 5.56 Å². The number of carbonyl (C=O) groups is 1. The van der Waals surface area contributed by atoms with E-state index in [1.165, 1.54) is 120 Å². The van der Waals surface area contributed by atoms with E-state index in [4.69, 9.17) is 4.74 Å². The van der Waals surface area contributed by atoms with Crippen molar-refractivity contribution in [2.75, 3.05) is 0 Å². The van der Waals surface area contributed by atoms with Crippen molar-refractivity contribution in [1.29, 1.82) is 0 Å². The Balaban J connectivity index is 1.35. The molecular weight excluding hydrogens is 428 g/mol. The number of rotatable bonds is 15. The lowest BCUT2D eigenvalue weighted by molar-refractivity contribution is 0.0161. The summed E-state index contributed by atoms with van der Waals surface area (Å²) in [6.07, 6.45) is 27.3. The lowest BCUT2D eigenvalue weighted by Gasteiger charge is -2.28. The van der Waals surface area contributed by atoms with Crippen LogP contribution in [0.4, 0.5) is 0 Å². The van der Waals surface area contributed by atoms with E-state index in [2.05, 4.69) is 32.1 Å². The van der Waals surface area contributed by atoms with Crippen molar-refractivity contribution in [1.82, 2.24) is 0 Å². The quantitative estimate of drug-likeness (QED) is 0.184. The molecule has 0 N–H and O–H groups in total. The Kier molecular flexibility index (Phi) is 13.0. The topological polar surface area (TPSA) is 26.3 Å². The van der Waals surface area contributed by atoms with E-state index in [9.17, 15) is 4.79 Å². The number of hydrogen-bond acceptors (Lipinski definition) is 2. The average Bonchev–Trinajstić information content (AvgIpc) is 2.90. The van der Waals surface area contributed by atoms with E-state index in [0.717, 1.165) is 24.7 Å². The molecule has 0 aliphatic heterocycles. The Morgan fingerprint density at radius 3 is 1.91 bits per heavy atom. The third-order valence-corrected chi connectivity index (χ3v) is 8.51. The first-order valence-electron chi connectivity index (χ1n) is 15.2. The van der Waals surface area contributed by atoms with Crippen LogP contribution in [-0.4, -0.2) is 12.1 Å². The van der Waals surface area contributed by atoms with Gasteiger partial charge in [0.25, 0.3) is 0 Å². The second-order valence-corrected chi connectivity index (χ2v) is 11.4. The van der Waals surface area contributed by atoms with Gasteiger partial charge in [-0.15, -0.1) is 0 Å². The van der Waals surface area contributed by atoms with Crippen LogP contribution in [0.5, 0.6) is 0 Å². The molecule has 0 aromatic heterocycles. The number of hydrogen-bond donors (Lipinski definition) is 0. The highest BCUT2D eigenvalue weighted by Gasteiger charge is 2.24. The Bertz CT molecular complexity index is 739. The molecule has 2 nitrogen and oxygen atoms in total. The minimum absolute atomic E-state index is 0.110. The zero-order valence-corrected chi connectivity index (χ0v) is 22.9. The molecule has 0 bridgehead atoms. The van der Waals surface area contributed by atoms with Crippen molar-refractivity contribution >= 4 is 11.5 Å². The summed E-state index contributed by atoms with van der Waals surface area (Å²) in [5.74, 6) is 1.57. The third kappa shape index (κ3) is 10.1. The lowest BCUT2D eigenvalue weighted by Crippen LogP contribution is -2.24. The van der Waals surface area contributed by atoms with Crippen LogP contribution in [-0.2, 0) is 4.74 Å². The van der Waals surface area contributed by atoms with Crippen LogP contribution in [0.1, 0.15) is 152 Å². The largest absolute Gasteiger partial charge is 0.459 e. The summed E-state index contributed by atoms with van der Waals surface area (Å²) in [5.41, 5.74) is 3.44. The molecule has 1 aromatic carbocycles. The van der Waals surface area contributed by atoms with Gasteiger partial charge in [-0.25, -0.2) is 4.79 Å². The number of ether oxygens (including phenoxy) is 1. The molecule has 196 valence electrons. The van der Waals surface area contributed by atoms with Crippen molar-refractivity contribution in [3.05, 3.63) is 41.5 Å². The summed E-state index contributed by atoms with van der Waals surface area (Å²) >= 11 is 0. The SMILES string of the molecule is CCCCCCCC1CC=C(c2ccc(C(=O)OC3CCC(CCCCCCC)CC3)cc2)CC1. The minimum Gasteiger partial charge on any atom is -0.459 e. The molecule has 0 amide bonds. The van der Waals surface area contributed by atoms with Crippen LogP contribution in [0.25, 0.3) is 5.57 Å². The van der Waals surface area contributed by atoms with Crippen LogP contribution in [0.3, 0.4) is 0 Å². The van der Waals surface area contributed by atoms with Gasteiger partial charge >= 0.3 is 5.97 Å². The molecule has 1 fully saturated rings. The maximum atomic E-state index is 12.7. The van der Waals surface area contributed by atoms with E-state index in [-0.39, 0.29) is 12.1 Å². The average molecular weight is 481 g/mol. The van der Waals surface area contributed by atoms with Gasteiger partial charge in [-0.2, -0.15) is 0 Å².